The maximum absolute atomic E-state index is 13.1. The van der Waals surface area contributed by atoms with E-state index in [2.05, 4.69) is 10.3 Å². The van der Waals surface area contributed by atoms with Gasteiger partial charge < -0.3 is 19.9 Å². The fourth-order valence-corrected chi connectivity index (χ4v) is 4.28. The number of piperidine rings is 1. The van der Waals surface area contributed by atoms with Crippen LogP contribution in [0.4, 0.5) is 0 Å². The molecule has 1 aromatic carbocycles. The van der Waals surface area contributed by atoms with Crippen LogP contribution in [0.5, 0.6) is 0 Å². The second-order valence-electron chi connectivity index (χ2n) is 9.28. The molecule has 0 atom stereocenters. The summed E-state index contributed by atoms with van der Waals surface area (Å²) in [5, 5.41) is 3.00. The maximum atomic E-state index is 13.1. The fourth-order valence-electron chi connectivity index (χ4n) is 4.28. The zero-order valence-electron chi connectivity index (χ0n) is 20.3. The highest BCUT2D eigenvalue weighted by Crippen LogP contribution is 2.25. The Morgan fingerprint density at radius 2 is 1.73 bits per heavy atom. The molecular weight excluding hydrogens is 418 g/mol. The summed E-state index contributed by atoms with van der Waals surface area (Å²) < 4.78 is 5.32. The fraction of sp³-hybridized carbons (Fsp3) is 0.500. The van der Waals surface area contributed by atoms with Crippen molar-refractivity contribution in [1.82, 2.24) is 15.2 Å². The molecule has 1 aliphatic heterocycles. The minimum absolute atomic E-state index is 0.0458. The van der Waals surface area contributed by atoms with Gasteiger partial charge in [0.15, 0.2) is 0 Å². The van der Waals surface area contributed by atoms with Crippen LogP contribution >= 0.6 is 0 Å². The third-order valence-electron chi connectivity index (χ3n) is 6.18. The molecule has 7 heteroatoms. The Morgan fingerprint density at radius 1 is 1.09 bits per heavy atom. The molecule has 178 valence electrons. The summed E-state index contributed by atoms with van der Waals surface area (Å²) in [6.45, 7) is 10.9. The van der Waals surface area contributed by atoms with Crippen molar-refractivity contribution < 1.29 is 19.1 Å². The van der Waals surface area contributed by atoms with Crippen LogP contribution in [0.15, 0.2) is 24.3 Å². The molecule has 3 rings (SSSR count). The molecule has 0 spiro atoms. The molecule has 33 heavy (non-hydrogen) atoms. The molecule has 2 aromatic rings. The van der Waals surface area contributed by atoms with Crippen molar-refractivity contribution in [3.8, 4) is 0 Å². The van der Waals surface area contributed by atoms with Crippen molar-refractivity contribution in [2.75, 3.05) is 13.1 Å². The third kappa shape index (κ3) is 6.24. The van der Waals surface area contributed by atoms with Crippen LogP contribution < -0.4 is 5.32 Å². The van der Waals surface area contributed by atoms with E-state index in [1.165, 1.54) is 5.56 Å². The van der Waals surface area contributed by atoms with Crippen molar-refractivity contribution in [3.05, 3.63) is 57.9 Å². The number of amides is 2. The van der Waals surface area contributed by atoms with Gasteiger partial charge in [-0.15, -0.1) is 0 Å². The van der Waals surface area contributed by atoms with Crippen LogP contribution in [0, 0.1) is 26.7 Å². The van der Waals surface area contributed by atoms with Crippen molar-refractivity contribution >= 4 is 17.8 Å². The van der Waals surface area contributed by atoms with E-state index in [-0.39, 0.29) is 23.8 Å². The first-order valence-electron chi connectivity index (χ1n) is 11.7. The molecule has 1 aromatic heterocycles. The number of rotatable bonds is 7. The molecule has 0 radical (unpaired) electrons. The van der Waals surface area contributed by atoms with E-state index in [1.54, 1.807) is 32.6 Å². The second kappa shape index (κ2) is 10.7. The molecule has 0 aliphatic carbocycles. The standard InChI is InChI=1S/C26H35N3O4/c1-16(2)33-26(32)23-18(4)24(28-19(23)5)25(31)29-12-10-20(11-13-29)14-22(30)27-15-21-8-6-17(3)7-9-21/h6-9,16,20,28H,10-15H2,1-5H3,(H,27,30). The number of aromatic amines is 1. The number of esters is 1. The first kappa shape index (κ1) is 24.6. The molecule has 1 saturated heterocycles. The molecule has 2 amide bonds. The lowest BCUT2D eigenvalue weighted by Gasteiger charge is -2.31. The summed E-state index contributed by atoms with van der Waals surface area (Å²) in [6, 6.07) is 8.13. The number of carbonyl (C=O) groups is 3. The summed E-state index contributed by atoms with van der Waals surface area (Å²) in [5.74, 6) is -0.216. The number of carbonyl (C=O) groups excluding carboxylic acids is 3. The minimum Gasteiger partial charge on any atom is -0.459 e. The van der Waals surface area contributed by atoms with Crippen LogP contribution in [0.25, 0.3) is 0 Å². The number of H-pyrrole nitrogens is 1. The summed E-state index contributed by atoms with van der Waals surface area (Å²) >= 11 is 0. The first-order valence-corrected chi connectivity index (χ1v) is 11.7. The zero-order chi connectivity index (χ0) is 24.1. The highest BCUT2D eigenvalue weighted by atomic mass is 16.5. The highest BCUT2D eigenvalue weighted by molar-refractivity contribution is 6.00. The van der Waals surface area contributed by atoms with E-state index in [0.717, 1.165) is 18.4 Å². The van der Waals surface area contributed by atoms with E-state index in [4.69, 9.17) is 4.74 Å². The summed E-state index contributed by atoms with van der Waals surface area (Å²) in [7, 11) is 0. The van der Waals surface area contributed by atoms with Crippen LogP contribution in [-0.2, 0) is 16.1 Å². The normalized spacial score (nSPS) is 14.4. The van der Waals surface area contributed by atoms with Crippen molar-refractivity contribution in [3.63, 3.8) is 0 Å². The Bertz CT molecular complexity index is 999. The second-order valence-corrected chi connectivity index (χ2v) is 9.28. The summed E-state index contributed by atoms with van der Waals surface area (Å²) in [6.07, 6.45) is 1.81. The van der Waals surface area contributed by atoms with Crippen LogP contribution in [0.2, 0.25) is 0 Å². The van der Waals surface area contributed by atoms with Gasteiger partial charge >= 0.3 is 5.97 Å². The lowest BCUT2D eigenvalue weighted by atomic mass is 9.93. The number of nitrogens with one attached hydrogen (secondary N) is 2. The van der Waals surface area contributed by atoms with Gasteiger partial charge in [0.05, 0.1) is 11.7 Å². The number of aryl methyl sites for hydroxylation is 2. The van der Waals surface area contributed by atoms with Crippen molar-refractivity contribution in [2.24, 2.45) is 5.92 Å². The van der Waals surface area contributed by atoms with Gasteiger partial charge in [0.25, 0.3) is 5.91 Å². The summed E-state index contributed by atoms with van der Waals surface area (Å²) in [5.41, 5.74) is 4.43. The smallest absolute Gasteiger partial charge is 0.340 e. The van der Waals surface area contributed by atoms with Gasteiger partial charge in [-0.25, -0.2) is 4.79 Å². The quantitative estimate of drug-likeness (QED) is 0.619. The van der Waals surface area contributed by atoms with Crippen LogP contribution in [0.1, 0.15) is 76.3 Å². The molecule has 0 bridgehead atoms. The van der Waals surface area contributed by atoms with Gasteiger partial charge in [-0.2, -0.15) is 0 Å². The number of aromatic nitrogens is 1. The number of hydrogen-bond donors (Lipinski definition) is 2. The number of benzene rings is 1. The van der Waals surface area contributed by atoms with Crippen molar-refractivity contribution in [2.45, 2.75) is 66.5 Å². The molecule has 7 nitrogen and oxygen atoms in total. The molecule has 1 fully saturated rings. The zero-order valence-corrected chi connectivity index (χ0v) is 20.3. The van der Waals surface area contributed by atoms with E-state index >= 15 is 0 Å². The van der Waals surface area contributed by atoms with Gasteiger partial charge in [-0.05, 0) is 64.5 Å². The Balaban J connectivity index is 1.51. The topological polar surface area (TPSA) is 91.5 Å². The number of ether oxygens (including phenoxy) is 1. The van der Waals surface area contributed by atoms with E-state index in [0.29, 0.717) is 48.6 Å². The first-order chi connectivity index (χ1) is 15.7. The molecule has 0 saturated carbocycles. The number of hydrogen-bond acceptors (Lipinski definition) is 4. The predicted molar refractivity (Wildman–Crippen MR) is 127 cm³/mol. The van der Waals surface area contributed by atoms with Gasteiger partial charge in [-0.1, -0.05) is 29.8 Å². The third-order valence-corrected chi connectivity index (χ3v) is 6.18. The Labute approximate surface area is 195 Å². The Morgan fingerprint density at radius 3 is 2.33 bits per heavy atom. The minimum atomic E-state index is -0.411. The van der Waals surface area contributed by atoms with Gasteiger partial charge in [0, 0.05) is 31.7 Å². The lowest BCUT2D eigenvalue weighted by molar-refractivity contribution is -0.122. The lowest BCUT2D eigenvalue weighted by Crippen LogP contribution is -2.40. The highest BCUT2D eigenvalue weighted by Gasteiger charge is 2.29. The average molecular weight is 454 g/mol. The average Bonchev–Trinajstić information content (AvgIpc) is 3.07. The summed E-state index contributed by atoms with van der Waals surface area (Å²) in [4.78, 5) is 42.8. The number of nitrogens with zero attached hydrogens (tertiary/aromatic N) is 1. The predicted octanol–water partition coefficient (Wildman–Crippen LogP) is 4.06. The maximum Gasteiger partial charge on any atom is 0.340 e. The van der Waals surface area contributed by atoms with Crippen LogP contribution in [0.3, 0.4) is 0 Å². The largest absolute Gasteiger partial charge is 0.459 e. The SMILES string of the molecule is Cc1ccc(CNC(=O)CC2CCN(C(=O)c3[nH]c(C)c(C(=O)OC(C)C)c3C)CC2)cc1. The van der Waals surface area contributed by atoms with E-state index in [9.17, 15) is 14.4 Å². The number of likely N-dealkylation sites (tertiary alicyclic amines) is 1. The van der Waals surface area contributed by atoms with Gasteiger partial charge in [0.2, 0.25) is 5.91 Å². The van der Waals surface area contributed by atoms with E-state index < -0.39 is 5.97 Å². The van der Waals surface area contributed by atoms with Crippen molar-refractivity contribution in [1.29, 1.82) is 0 Å². The molecular formula is C26H35N3O4. The van der Waals surface area contributed by atoms with Gasteiger partial charge in [0.1, 0.15) is 5.69 Å². The molecule has 2 N–H and O–H groups in total. The van der Waals surface area contributed by atoms with Crippen LogP contribution in [-0.4, -0.2) is 46.9 Å². The monoisotopic (exact) mass is 453 g/mol. The van der Waals surface area contributed by atoms with E-state index in [1.807, 2.05) is 31.2 Å². The molecule has 1 aliphatic rings. The van der Waals surface area contributed by atoms with Gasteiger partial charge in [-0.3, -0.25) is 9.59 Å². The molecule has 0 unspecified atom stereocenters. The molecule has 2 heterocycles. The Hall–Kier alpha value is -3.09. The Kier molecular flexibility index (Phi) is 7.95.